The Morgan fingerprint density at radius 2 is 1.88 bits per heavy atom. The first kappa shape index (κ1) is 17.0. The molecule has 1 fully saturated rings. The minimum absolute atomic E-state index is 0.0381. The van der Waals surface area contributed by atoms with Crippen molar-refractivity contribution >= 4 is 17.5 Å². The molecular weight excluding hydrogens is 316 g/mol. The molecule has 130 valence electrons. The average molecular weight is 338 g/mol. The number of nitrogens with one attached hydrogen (secondary N) is 1. The third-order valence-corrected chi connectivity index (χ3v) is 4.46. The zero-order valence-corrected chi connectivity index (χ0v) is 14.3. The van der Waals surface area contributed by atoms with E-state index < -0.39 is 0 Å². The topological polar surface area (TPSA) is 58.6 Å². The molecule has 5 nitrogen and oxygen atoms in total. The van der Waals surface area contributed by atoms with Crippen molar-refractivity contribution in [2.24, 2.45) is 5.92 Å². The van der Waals surface area contributed by atoms with E-state index in [1.54, 1.807) is 24.1 Å². The molecule has 2 amide bonds. The lowest BCUT2D eigenvalue weighted by atomic mass is 10.1. The van der Waals surface area contributed by atoms with Crippen LogP contribution in [0.3, 0.4) is 0 Å². The van der Waals surface area contributed by atoms with E-state index in [1.165, 1.54) is 5.56 Å². The molecule has 2 aromatic rings. The molecule has 0 radical (unpaired) electrons. The minimum atomic E-state index is -0.326. The summed E-state index contributed by atoms with van der Waals surface area (Å²) in [6.07, 6.45) is 1.06. The third kappa shape index (κ3) is 4.18. The molecule has 0 saturated carbocycles. The Balaban J connectivity index is 1.57. The monoisotopic (exact) mass is 338 g/mol. The van der Waals surface area contributed by atoms with Gasteiger partial charge in [0.05, 0.1) is 18.7 Å². The van der Waals surface area contributed by atoms with Crippen LogP contribution in [0.4, 0.5) is 5.69 Å². The van der Waals surface area contributed by atoms with Crippen molar-refractivity contribution in [3.63, 3.8) is 0 Å². The number of anilines is 1. The SMILES string of the molecule is COc1ccccc1NC(=O)C1CC(=O)N(CCc2ccccc2)C1. The summed E-state index contributed by atoms with van der Waals surface area (Å²) in [6, 6.07) is 17.3. The van der Waals surface area contributed by atoms with E-state index in [4.69, 9.17) is 4.74 Å². The number of hydrogen-bond acceptors (Lipinski definition) is 3. The van der Waals surface area contributed by atoms with Gasteiger partial charge < -0.3 is 15.0 Å². The maximum atomic E-state index is 12.5. The van der Waals surface area contributed by atoms with Gasteiger partial charge >= 0.3 is 0 Å². The Hall–Kier alpha value is -2.82. The van der Waals surface area contributed by atoms with Crippen molar-refractivity contribution in [3.05, 3.63) is 60.2 Å². The summed E-state index contributed by atoms with van der Waals surface area (Å²) in [7, 11) is 1.56. The van der Waals surface area contributed by atoms with E-state index >= 15 is 0 Å². The number of para-hydroxylation sites is 2. The average Bonchev–Trinajstić information content (AvgIpc) is 3.02. The zero-order chi connectivity index (χ0) is 17.6. The Morgan fingerprint density at radius 3 is 2.64 bits per heavy atom. The van der Waals surface area contributed by atoms with E-state index in [1.807, 2.05) is 42.5 Å². The number of benzene rings is 2. The fourth-order valence-corrected chi connectivity index (χ4v) is 3.06. The van der Waals surface area contributed by atoms with Gasteiger partial charge in [-0.15, -0.1) is 0 Å². The molecule has 1 aliphatic heterocycles. The van der Waals surface area contributed by atoms with Gasteiger partial charge in [-0.3, -0.25) is 9.59 Å². The first-order valence-electron chi connectivity index (χ1n) is 8.43. The molecule has 1 atom stereocenters. The predicted octanol–water partition coefficient (Wildman–Crippen LogP) is 2.72. The highest BCUT2D eigenvalue weighted by atomic mass is 16.5. The van der Waals surface area contributed by atoms with Crippen molar-refractivity contribution in [1.82, 2.24) is 4.90 Å². The zero-order valence-electron chi connectivity index (χ0n) is 14.3. The van der Waals surface area contributed by atoms with Crippen LogP contribution in [0.25, 0.3) is 0 Å². The summed E-state index contributed by atoms with van der Waals surface area (Å²) < 4.78 is 5.25. The van der Waals surface area contributed by atoms with Crippen LogP contribution in [0.15, 0.2) is 54.6 Å². The molecule has 0 aliphatic carbocycles. The van der Waals surface area contributed by atoms with Gasteiger partial charge in [-0.1, -0.05) is 42.5 Å². The maximum Gasteiger partial charge on any atom is 0.229 e. The highest BCUT2D eigenvalue weighted by Gasteiger charge is 2.34. The third-order valence-electron chi connectivity index (χ3n) is 4.46. The first-order chi connectivity index (χ1) is 12.2. The van der Waals surface area contributed by atoms with Gasteiger partial charge in [0.1, 0.15) is 5.75 Å². The van der Waals surface area contributed by atoms with Crippen LogP contribution in [-0.4, -0.2) is 36.9 Å². The predicted molar refractivity (Wildman–Crippen MR) is 96.5 cm³/mol. The van der Waals surface area contributed by atoms with E-state index in [2.05, 4.69) is 5.32 Å². The Bertz CT molecular complexity index is 746. The maximum absolute atomic E-state index is 12.5. The largest absolute Gasteiger partial charge is 0.495 e. The fraction of sp³-hybridized carbons (Fsp3) is 0.300. The minimum Gasteiger partial charge on any atom is -0.495 e. The Kier molecular flexibility index (Phi) is 5.33. The van der Waals surface area contributed by atoms with Crippen LogP contribution in [0, 0.1) is 5.92 Å². The van der Waals surface area contributed by atoms with E-state index in [0.717, 1.165) is 6.42 Å². The molecule has 0 spiro atoms. The van der Waals surface area contributed by atoms with Crippen LogP contribution in [-0.2, 0) is 16.0 Å². The molecule has 1 N–H and O–H groups in total. The quantitative estimate of drug-likeness (QED) is 0.881. The second kappa shape index (κ2) is 7.83. The summed E-state index contributed by atoms with van der Waals surface area (Å²) in [5.74, 6) is 0.186. The van der Waals surface area contributed by atoms with Crippen LogP contribution in [0.1, 0.15) is 12.0 Å². The molecule has 1 heterocycles. The molecule has 5 heteroatoms. The molecule has 1 saturated heterocycles. The summed E-state index contributed by atoms with van der Waals surface area (Å²) >= 11 is 0. The van der Waals surface area contributed by atoms with Crippen molar-refractivity contribution in [3.8, 4) is 5.75 Å². The van der Waals surface area contributed by atoms with Crippen molar-refractivity contribution in [2.75, 3.05) is 25.5 Å². The highest BCUT2D eigenvalue weighted by molar-refractivity contribution is 5.98. The Morgan fingerprint density at radius 1 is 1.16 bits per heavy atom. The molecule has 1 aliphatic rings. The molecular formula is C20H22N2O3. The van der Waals surface area contributed by atoms with Crippen molar-refractivity contribution in [1.29, 1.82) is 0 Å². The van der Waals surface area contributed by atoms with Gasteiger partial charge in [0.25, 0.3) is 0 Å². The van der Waals surface area contributed by atoms with E-state index in [0.29, 0.717) is 24.5 Å². The fourth-order valence-electron chi connectivity index (χ4n) is 3.06. The summed E-state index contributed by atoms with van der Waals surface area (Å²) in [6.45, 7) is 1.11. The standard InChI is InChI=1S/C20H22N2O3/c1-25-18-10-6-5-9-17(18)21-20(24)16-13-19(23)22(14-16)12-11-15-7-3-2-4-8-15/h2-10,16H,11-14H2,1H3,(H,21,24). The van der Waals surface area contributed by atoms with Crippen LogP contribution < -0.4 is 10.1 Å². The number of amides is 2. The highest BCUT2D eigenvalue weighted by Crippen LogP contribution is 2.26. The van der Waals surface area contributed by atoms with Gasteiger partial charge in [0.2, 0.25) is 11.8 Å². The molecule has 0 aromatic heterocycles. The molecule has 0 bridgehead atoms. The number of likely N-dealkylation sites (tertiary alicyclic amines) is 1. The summed E-state index contributed by atoms with van der Waals surface area (Å²) in [4.78, 5) is 26.5. The number of rotatable bonds is 6. The van der Waals surface area contributed by atoms with Crippen molar-refractivity contribution in [2.45, 2.75) is 12.8 Å². The van der Waals surface area contributed by atoms with Crippen molar-refractivity contribution < 1.29 is 14.3 Å². The van der Waals surface area contributed by atoms with Crippen LogP contribution >= 0.6 is 0 Å². The number of carbonyl (C=O) groups excluding carboxylic acids is 2. The first-order valence-corrected chi connectivity index (χ1v) is 8.43. The van der Waals surface area contributed by atoms with Gasteiger partial charge in [-0.05, 0) is 24.1 Å². The Labute approximate surface area is 147 Å². The molecule has 25 heavy (non-hydrogen) atoms. The smallest absolute Gasteiger partial charge is 0.229 e. The number of hydrogen-bond donors (Lipinski definition) is 1. The summed E-state index contributed by atoms with van der Waals surface area (Å²) in [5, 5.41) is 2.88. The van der Waals surface area contributed by atoms with E-state index in [9.17, 15) is 9.59 Å². The summed E-state index contributed by atoms with van der Waals surface area (Å²) in [5.41, 5.74) is 1.82. The molecule has 2 aromatic carbocycles. The van der Waals surface area contributed by atoms with Gasteiger partial charge in [0.15, 0.2) is 0 Å². The second-order valence-corrected chi connectivity index (χ2v) is 6.17. The lowest BCUT2D eigenvalue weighted by Crippen LogP contribution is -2.30. The normalized spacial score (nSPS) is 16.8. The lowest BCUT2D eigenvalue weighted by Gasteiger charge is -2.17. The second-order valence-electron chi connectivity index (χ2n) is 6.17. The van der Waals surface area contributed by atoms with E-state index in [-0.39, 0.29) is 24.2 Å². The van der Waals surface area contributed by atoms with Gasteiger partial charge in [-0.2, -0.15) is 0 Å². The van der Waals surface area contributed by atoms with Gasteiger partial charge in [-0.25, -0.2) is 0 Å². The van der Waals surface area contributed by atoms with Gasteiger partial charge in [0, 0.05) is 19.5 Å². The lowest BCUT2D eigenvalue weighted by molar-refractivity contribution is -0.128. The van der Waals surface area contributed by atoms with Crippen LogP contribution in [0.2, 0.25) is 0 Å². The molecule has 3 rings (SSSR count). The molecule has 1 unspecified atom stereocenters. The number of carbonyl (C=O) groups is 2. The van der Waals surface area contributed by atoms with Crippen LogP contribution in [0.5, 0.6) is 5.75 Å². The number of methoxy groups -OCH3 is 1. The number of ether oxygens (including phenoxy) is 1. The number of nitrogens with zero attached hydrogens (tertiary/aromatic N) is 1.